The number of rotatable bonds is 8. The number of halogens is 1. The third-order valence-electron chi connectivity index (χ3n) is 4.90. The Morgan fingerprint density at radius 2 is 1.91 bits per heavy atom. The Balaban J connectivity index is 1.73. The highest BCUT2D eigenvalue weighted by Crippen LogP contribution is 2.21. The molecular formula is C21H22ClN5O3S2. The number of nitrogens with zero attached hydrogens (tertiary/aromatic N) is 3. The second kappa shape index (κ2) is 10.1. The maximum absolute atomic E-state index is 12.6. The fraction of sp³-hybridized carbons (Fsp3) is 0.238. The number of aromatic amines is 1. The van der Waals surface area contributed by atoms with Gasteiger partial charge in [-0.15, -0.1) is 0 Å². The summed E-state index contributed by atoms with van der Waals surface area (Å²) in [5, 5.41) is 15.8. The molecule has 1 aromatic heterocycles. The van der Waals surface area contributed by atoms with Crippen molar-refractivity contribution >= 4 is 59.3 Å². The minimum atomic E-state index is -0.982. The fourth-order valence-electron chi connectivity index (χ4n) is 3.19. The number of anilines is 2. The summed E-state index contributed by atoms with van der Waals surface area (Å²) < 4.78 is 4.27. The first-order valence-electron chi connectivity index (χ1n) is 9.70. The molecule has 3 N–H and O–H groups in total. The number of H-pyrrole nitrogens is 1. The molecule has 0 saturated carbocycles. The summed E-state index contributed by atoms with van der Waals surface area (Å²) in [6.07, 6.45) is 0.0926. The average Bonchev–Trinajstić information content (AvgIpc) is 3.00. The van der Waals surface area contributed by atoms with E-state index in [1.165, 1.54) is 0 Å². The predicted octanol–water partition coefficient (Wildman–Crippen LogP) is 4.56. The molecule has 0 aliphatic carbocycles. The van der Waals surface area contributed by atoms with Crippen LogP contribution >= 0.6 is 36.0 Å². The van der Waals surface area contributed by atoms with Crippen LogP contribution in [-0.4, -0.2) is 43.9 Å². The van der Waals surface area contributed by atoms with Gasteiger partial charge in [-0.2, -0.15) is 0 Å². The second-order valence-corrected chi connectivity index (χ2v) is 8.31. The Morgan fingerprint density at radius 1 is 1.22 bits per heavy atom. The van der Waals surface area contributed by atoms with Gasteiger partial charge < -0.3 is 15.3 Å². The summed E-state index contributed by atoms with van der Waals surface area (Å²) >= 11 is 16.6. The third-order valence-corrected chi connectivity index (χ3v) is 5.88. The van der Waals surface area contributed by atoms with Crippen LogP contribution in [0.5, 0.6) is 0 Å². The SMILES string of the molecule is CC(C(=O)O)N(CCC(=O)Nc1cccc(-n2c(=S)[nH]n(C)c2=S)c1)c1ccc(Cl)cc1. The van der Waals surface area contributed by atoms with Crippen LogP contribution in [-0.2, 0) is 16.6 Å². The van der Waals surface area contributed by atoms with Gasteiger partial charge in [0.25, 0.3) is 0 Å². The van der Waals surface area contributed by atoms with E-state index in [-0.39, 0.29) is 18.9 Å². The van der Waals surface area contributed by atoms with Crippen LogP contribution in [0.3, 0.4) is 0 Å². The zero-order valence-electron chi connectivity index (χ0n) is 17.4. The summed E-state index contributed by atoms with van der Waals surface area (Å²) in [4.78, 5) is 25.8. The molecule has 1 heterocycles. The Hall–Kier alpha value is -2.95. The number of carboxylic acids is 1. The van der Waals surface area contributed by atoms with Gasteiger partial charge in [0.15, 0.2) is 4.77 Å². The van der Waals surface area contributed by atoms with Gasteiger partial charge in [-0.3, -0.25) is 19.1 Å². The van der Waals surface area contributed by atoms with Crippen molar-refractivity contribution in [3.05, 3.63) is 63.1 Å². The lowest BCUT2D eigenvalue weighted by Crippen LogP contribution is -2.40. The molecule has 8 nitrogen and oxygen atoms in total. The van der Waals surface area contributed by atoms with Crippen molar-refractivity contribution in [2.45, 2.75) is 19.4 Å². The van der Waals surface area contributed by atoms with Gasteiger partial charge in [-0.05, 0) is 73.8 Å². The fourth-order valence-corrected chi connectivity index (χ4v) is 3.94. The first-order valence-corrected chi connectivity index (χ1v) is 10.9. The van der Waals surface area contributed by atoms with E-state index in [4.69, 9.17) is 36.0 Å². The van der Waals surface area contributed by atoms with E-state index < -0.39 is 12.0 Å². The summed E-state index contributed by atoms with van der Waals surface area (Å²) in [6.45, 7) is 1.79. The molecule has 3 rings (SSSR count). The van der Waals surface area contributed by atoms with E-state index in [1.807, 2.05) is 6.07 Å². The molecule has 0 spiro atoms. The summed E-state index contributed by atoms with van der Waals surface area (Å²) in [7, 11) is 1.77. The van der Waals surface area contributed by atoms with Crippen molar-refractivity contribution in [3.8, 4) is 5.69 Å². The molecule has 0 fully saturated rings. The number of nitrogens with one attached hydrogen (secondary N) is 2. The maximum atomic E-state index is 12.6. The number of hydrogen-bond donors (Lipinski definition) is 3. The van der Waals surface area contributed by atoms with Gasteiger partial charge in [0.1, 0.15) is 6.04 Å². The number of carbonyl (C=O) groups is 2. The van der Waals surface area contributed by atoms with E-state index in [1.54, 1.807) is 70.6 Å². The zero-order chi connectivity index (χ0) is 23.4. The molecule has 0 saturated heterocycles. The van der Waals surface area contributed by atoms with Gasteiger partial charge in [0, 0.05) is 36.4 Å². The number of carbonyl (C=O) groups excluding carboxylic acids is 1. The number of benzene rings is 2. The molecule has 11 heteroatoms. The first-order chi connectivity index (χ1) is 15.2. The molecule has 168 valence electrons. The second-order valence-electron chi connectivity index (χ2n) is 7.13. The molecule has 0 radical (unpaired) electrons. The van der Waals surface area contributed by atoms with E-state index >= 15 is 0 Å². The van der Waals surface area contributed by atoms with Crippen LogP contribution in [0.25, 0.3) is 5.69 Å². The number of hydrogen-bond acceptors (Lipinski definition) is 5. The Bertz CT molecular complexity index is 1250. The zero-order valence-corrected chi connectivity index (χ0v) is 19.8. The molecule has 2 aromatic carbocycles. The number of amides is 1. The van der Waals surface area contributed by atoms with Crippen molar-refractivity contribution < 1.29 is 14.7 Å². The highest BCUT2D eigenvalue weighted by atomic mass is 35.5. The van der Waals surface area contributed by atoms with Gasteiger partial charge in [0.05, 0.1) is 5.69 Å². The molecule has 0 bridgehead atoms. The van der Waals surface area contributed by atoms with Crippen LogP contribution in [0.1, 0.15) is 13.3 Å². The van der Waals surface area contributed by atoms with Gasteiger partial charge in [0.2, 0.25) is 10.7 Å². The first kappa shape index (κ1) is 23.7. The minimum Gasteiger partial charge on any atom is -0.480 e. The van der Waals surface area contributed by atoms with Crippen LogP contribution < -0.4 is 10.2 Å². The lowest BCUT2D eigenvalue weighted by Gasteiger charge is -2.28. The monoisotopic (exact) mass is 491 g/mol. The number of aryl methyl sites for hydroxylation is 1. The lowest BCUT2D eigenvalue weighted by atomic mass is 10.2. The van der Waals surface area contributed by atoms with Crippen LogP contribution in [0, 0.1) is 9.54 Å². The molecule has 3 aromatic rings. The van der Waals surface area contributed by atoms with Gasteiger partial charge >= 0.3 is 5.97 Å². The molecule has 0 aliphatic rings. The van der Waals surface area contributed by atoms with Crippen molar-refractivity contribution in [2.24, 2.45) is 7.05 Å². The maximum Gasteiger partial charge on any atom is 0.326 e. The Kier molecular flexibility index (Phi) is 7.49. The molecule has 32 heavy (non-hydrogen) atoms. The van der Waals surface area contributed by atoms with Gasteiger partial charge in [-0.1, -0.05) is 17.7 Å². The summed E-state index contributed by atoms with van der Waals surface area (Å²) in [5.74, 6) is -1.23. The van der Waals surface area contributed by atoms with Crippen molar-refractivity contribution in [2.75, 3.05) is 16.8 Å². The number of carboxylic acid groups (broad SMARTS) is 1. The normalized spacial score (nSPS) is 11.7. The van der Waals surface area contributed by atoms with Gasteiger partial charge in [-0.25, -0.2) is 4.79 Å². The summed E-state index contributed by atoms with van der Waals surface area (Å²) in [6, 6.07) is 13.2. The van der Waals surface area contributed by atoms with E-state index in [9.17, 15) is 14.7 Å². The van der Waals surface area contributed by atoms with E-state index in [0.29, 0.717) is 25.9 Å². The lowest BCUT2D eigenvalue weighted by molar-refractivity contribution is -0.138. The standard InChI is InChI=1S/C21H22ClN5O3S2/c1-13(19(29)30)26(16-8-6-14(22)7-9-16)11-10-18(28)23-15-4-3-5-17(12-15)27-20(31)24-25(2)21(27)32/h3-9,12-13H,10-11H2,1-2H3,(H,23,28)(H,24,31)(H,29,30). The van der Waals surface area contributed by atoms with Crippen LogP contribution in [0.2, 0.25) is 5.02 Å². The highest BCUT2D eigenvalue weighted by Gasteiger charge is 2.22. The highest BCUT2D eigenvalue weighted by molar-refractivity contribution is 7.72. The third kappa shape index (κ3) is 5.45. The minimum absolute atomic E-state index is 0.0926. The Morgan fingerprint density at radius 3 is 2.50 bits per heavy atom. The molecule has 1 atom stereocenters. The largest absolute Gasteiger partial charge is 0.480 e. The van der Waals surface area contributed by atoms with Crippen LogP contribution in [0.4, 0.5) is 11.4 Å². The van der Waals surface area contributed by atoms with Crippen molar-refractivity contribution in [3.63, 3.8) is 0 Å². The summed E-state index contributed by atoms with van der Waals surface area (Å²) in [5.41, 5.74) is 1.97. The van der Waals surface area contributed by atoms with Crippen LogP contribution in [0.15, 0.2) is 48.5 Å². The van der Waals surface area contributed by atoms with E-state index in [0.717, 1.165) is 5.69 Å². The average molecular weight is 492 g/mol. The molecule has 1 unspecified atom stereocenters. The topological polar surface area (TPSA) is 95.3 Å². The predicted molar refractivity (Wildman–Crippen MR) is 130 cm³/mol. The molecule has 0 aliphatic heterocycles. The molecule has 1 amide bonds. The smallest absolute Gasteiger partial charge is 0.326 e. The number of aromatic nitrogens is 3. The Labute approximate surface area is 200 Å². The van der Waals surface area contributed by atoms with Crippen molar-refractivity contribution in [1.29, 1.82) is 0 Å². The molecular weight excluding hydrogens is 470 g/mol. The quantitative estimate of drug-likeness (QED) is 0.400. The number of aliphatic carboxylic acids is 1. The van der Waals surface area contributed by atoms with E-state index in [2.05, 4.69) is 10.4 Å². The van der Waals surface area contributed by atoms with Crippen molar-refractivity contribution in [1.82, 2.24) is 14.3 Å².